The standard InChI is InChI=1S/C39H35N7OS/c47-39-32(23-45(25-35-9-1-5-17-40-35)26-36-10-2-6-18-41-36)21-31(30-13-15-34(16-14-30)44-29-48)22-33(39)24-46(27-37-11-3-7-19-42-37)28-38-12-4-8-20-43-38/h1-22,47H,23-28H2. The van der Waals surface area contributed by atoms with Crippen LogP contribution in [-0.2, 0) is 39.3 Å². The average molecular weight is 650 g/mol. The Morgan fingerprint density at radius 2 is 0.917 bits per heavy atom. The van der Waals surface area contributed by atoms with E-state index in [2.05, 4.69) is 52.0 Å². The van der Waals surface area contributed by atoms with Gasteiger partial charge in [-0.25, -0.2) is 0 Å². The van der Waals surface area contributed by atoms with Crippen LogP contribution in [0.4, 0.5) is 5.69 Å². The van der Waals surface area contributed by atoms with Crippen LogP contribution in [0.25, 0.3) is 11.1 Å². The third kappa shape index (κ3) is 9.09. The molecule has 8 nitrogen and oxygen atoms in total. The average Bonchev–Trinajstić information content (AvgIpc) is 3.12. The normalized spacial score (nSPS) is 11.0. The lowest BCUT2D eigenvalue weighted by Gasteiger charge is -2.26. The number of thiocarbonyl (C=S) groups is 1. The first-order chi connectivity index (χ1) is 23.6. The van der Waals surface area contributed by atoms with Crippen LogP contribution in [0.15, 0.2) is 139 Å². The van der Waals surface area contributed by atoms with Gasteiger partial charge >= 0.3 is 0 Å². The number of rotatable bonds is 14. The number of aliphatic imine (C=N–C) groups is 1. The molecule has 0 saturated heterocycles. The molecule has 6 aromatic rings. The molecule has 0 saturated carbocycles. The fourth-order valence-corrected chi connectivity index (χ4v) is 5.75. The van der Waals surface area contributed by atoms with Crippen LogP contribution < -0.4 is 0 Å². The van der Waals surface area contributed by atoms with Crippen molar-refractivity contribution in [2.24, 2.45) is 4.99 Å². The van der Waals surface area contributed by atoms with Crippen molar-refractivity contribution in [2.75, 3.05) is 0 Å². The highest BCUT2D eigenvalue weighted by Gasteiger charge is 2.19. The van der Waals surface area contributed by atoms with Gasteiger partial charge in [-0.3, -0.25) is 29.7 Å². The first kappa shape index (κ1) is 32.5. The smallest absolute Gasteiger partial charge is 0.124 e. The number of benzene rings is 2. The second-order valence-electron chi connectivity index (χ2n) is 11.5. The lowest BCUT2D eigenvalue weighted by atomic mass is 9.97. The Morgan fingerprint density at radius 3 is 1.25 bits per heavy atom. The zero-order valence-electron chi connectivity index (χ0n) is 26.4. The van der Waals surface area contributed by atoms with Crippen LogP contribution in [0, 0.1) is 0 Å². The van der Waals surface area contributed by atoms with E-state index in [1.54, 1.807) is 24.8 Å². The van der Waals surface area contributed by atoms with E-state index in [-0.39, 0.29) is 5.75 Å². The van der Waals surface area contributed by atoms with Gasteiger partial charge in [0.2, 0.25) is 0 Å². The summed E-state index contributed by atoms with van der Waals surface area (Å²) in [6, 6.07) is 35.7. The van der Waals surface area contributed by atoms with Gasteiger partial charge in [0.15, 0.2) is 0 Å². The van der Waals surface area contributed by atoms with Gasteiger partial charge in [0, 0.05) is 75.2 Å². The number of hydrogen-bond donors (Lipinski definition) is 1. The lowest BCUT2D eigenvalue weighted by molar-refractivity contribution is 0.231. The lowest BCUT2D eigenvalue weighted by Crippen LogP contribution is -2.25. The van der Waals surface area contributed by atoms with Gasteiger partial charge in [-0.15, -0.1) is 0 Å². The molecule has 4 heterocycles. The maximum absolute atomic E-state index is 12.0. The topological polar surface area (TPSA) is 90.6 Å². The van der Waals surface area contributed by atoms with Crippen LogP contribution in [-0.4, -0.2) is 40.0 Å². The van der Waals surface area contributed by atoms with Crippen molar-refractivity contribution in [1.82, 2.24) is 29.7 Å². The summed E-state index contributed by atoms with van der Waals surface area (Å²) in [4.78, 5) is 27.0. The minimum Gasteiger partial charge on any atom is -0.507 e. The monoisotopic (exact) mass is 649 g/mol. The Morgan fingerprint density at radius 1 is 0.521 bits per heavy atom. The molecule has 0 aliphatic carbocycles. The van der Waals surface area contributed by atoms with Crippen molar-refractivity contribution in [2.45, 2.75) is 39.3 Å². The van der Waals surface area contributed by atoms with Crippen molar-refractivity contribution in [3.05, 3.63) is 168 Å². The second-order valence-corrected chi connectivity index (χ2v) is 11.7. The van der Waals surface area contributed by atoms with Crippen molar-refractivity contribution in [3.8, 4) is 16.9 Å². The van der Waals surface area contributed by atoms with Crippen LogP contribution >= 0.6 is 12.2 Å². The van der Waals surface area contributed by atoms with Gasteiger partial charge in [0.05, 0.1) is 33.6 Å². The number of hydrogen-bond acceptors (Lipinski definition) is 9. The highest BCUT2D eigenvalue weighted by molar-refractivity contribution is 7.78. The Bertz CT molecular complexity index is 1750. The van der Waals surface area contributed by atoms with Crippen molar-refractivity contribution < 1.29 is 5.11 Å². The predicted molar refractivity (Wildman–Crippen MR) is 191 cm³/mol. The van der Waals surface area contributed by atoms with Gasteiger partial charge < -0.3 is 5.11 Å². The van der Waals surface area contributed by atoms with Crippen LogP contribution in [0.3, 0.4) is 0 Å². The van der Waals surface area contributed by atoms with Crippen LogP contribution in [0.1, 0.15) is 33.9 Å². The molecule has 1 N–H and O–H groups in total. The highest BCUT2D eigenvalue weighted by Crippen LogP contribution is 2.34. The fourth-order valence-electron chi connectivity index (χ4n) is 5.65. The molecule has 0 aliphatic heterocycles. The molecular formula is C39H35N7OS. The Hall–Kier alpha value is -5.44. The molecule has 0 bridgehead atoms. The molecule has 6 rings (SSSR count). The maximum atomic E-state index is 12.0. The third-order valence-corrected chi connectivity index (χ3v) is 7.97. The molecule has 4 aromatic heterocycles. The summed E-state index contributed by atoms with van der Waals surface area (Å²) in [6.45, 7) is 3.32. The Labute approximate surface area is 286 Å². The van der Waals surface area contributed by atoms with E-state index < -0.39 is 0 Å². The molecule has 238 valence electrons. The Balaban J connectivity index is 1.39. The summed E-state index contributed by atoms with van der Waals surface area (Å²) in [7, 11) is 0. The van der Waals surface area contributed by atoms with E-state index in [1.165, 1.54) is 0 Å². The minimum absolute atomic E-state index is 0.264. The number of phenolic OH excluding ortho intramolecular Hbond substituents is 1. The SMILES string of the molecule is Oc1c(CN(Cc2ccccn2)Cc2ccccn2)cc(-c2ccc(N=C=S)cc2)cc1CN(Cc1ccccn1)Cc1ccccn1. The molecule has 2 aromatic carbocycles. The Kier molecular flexibility index (Phi) is 11.1. The number of aromatic hydroxyl groups is 1. The van der Waals surface area contributed by atoms with Crippen LogP contribution in [0.2, 0.25) is 0 Å². The molecule has 0 fully saturated rings. The molecule has 0 unspecified atom stereocenters. The molecule has 0 atom stereocenters. The molecule has 0 radical (unpaired) electrons. The van der Waals surface area contributed by atoms with Crippen molar-refractivity contribution in [1.29, 1.82) is 0 Å². The number of aromatic nitrogens is 4. The zero-order chi connectivity index (χ0) is 33.0. The van der Waals surface area contributed by atoms with Crippen molar-refractivity contribution >= 4 is 23.1 Å². The third-order valence-electron chi connectivity index (χ3n) is 7.88. The van der Waals surface area contributed by atoms with Gasteiger partial charge in [-0.2, -0.15) is 4.99 Å². The van der Waals surface area contributed by atoms with E-state index in [1.807, 2.05) is 97.1 Å². The van der Waals surface area contributed by atoms with Crippen LogP contribution in [0.5, 0.6) is 5.75 Å². The molecule has 48 heavy (non-hydrogen) atoms. The quantitative estimate of drug-likeness (QED) is 0.0946. The van der Waals surface area contributed by atoms with Gasteiger partial charge in [-0.1, -0.05) is 36.4 Å². The summed E-state index contributed by atoms with van der Waals surface area (Å²) in [6.07, 6.45) is 7.22. The number of phenols is 1. The first-order valence-electron chi connectivity index (χ1n) is 15.7. The second kappa shape index (κ2) is 16.4. The fraction of sp³-hybridized carbons (Fsp3) is 0.154. The van der Waals surface area contributed by atoms with E-state index in [0.29, 0.717) is 39.3 Å². The van der Waals surface area contributed by atoms with Crippen molar-refractivity contribution in [3.63, 3.8) is 0 Å². The predicted octanol–water partition coefficient (Wildman–Crippen LogP) is 7.78. The summed E-state index contributed by atoms with van der Waals surface area (Å²) in [5.41, 5.74) is 8.11. The molecule has 0 aliphatic rings. The summed E-state index contributed by atoms with van der Waals surface area (Å²) < 4.78 is 0. The number of nitrogens with zero attached hydrogens (tertiary/aromatic N) is 7. The maximum Gasteiger partial charge on any atom is 0.124 e. The summed E-state index contributed by atoms with van der Waals surface area (Å²) >= 11 is 4.80. The number of isothiocyanates is 1. The largest absolute Gasteiger partial charge is 0.507 e. The molecule has 0 spiro atoms. The van der Waals surface area contributed by atoms with E-state index in [0.717, 1.165) is 50.7 Å². The summed E-state index contributed by atoms with van der Waals surface area (Å²) in [5.74, 6) is 0.264. The molecule has 9 heteroatoms. The van der Waals surface area contributed by atoms with E-state index in [4.69, 9.17) is 12.2 Å². The van der Waals surface area contributed by atoms with E-state index in [9.17, 15) is 5.11 Å². The number of pyridine rings is 4. The first-order valence-corrected chi connectivity index (χ1v) is 16.1. The zero-order valence-corrected chi connectivity index (χ0v) is 27.2. The minimum atomic E-state index is 0.264. The molecule has 0 amide bonds. The van der Waals surface area contributed by atoms with Gasteiger partial charge in [0.25, 0.3) is 0 Å². The van der Waals surface area contributed by atoms with E-state index >= 15 is 0 Å². The summed E-state index contributed by atoms with van der Waals surface area (Å²) in [5, 5.41) is 14.4. The highest BCUT2D eigenvalue weighted by atomic mass is 32.1. The van der Waals surface area contributed by atoms with Gasteiger partial charge in [-0.05, 0) is 96.1 Å². The molecular weight excluding hydrogens is 615 g/mol. The van der Waals surface area contributed by atoms with Gasteiger partial charge in [0.1, 0.15) is 5.75 Å².